The van der Waals surface area contributed by atoms with Crippen LogP contribution in [0.25, 0.3) is 0 Å². The number of amides is 1. The number of rotatable bonds is 4. The lowest BCUT2D eigenvalue weighted by molar-refractivity contribution is -0.137. The van der Waals surface area contributed by atoms with Crippen LogP contribution in [0.5, 0.6) is 0 Å². The Hall–Kier alpha value is -2.97. The standard InChI is InChI=1S/C17H12F5NO3/c1-9(26-16(25)10-6-11(18)8-12(19)7-10)15(24)23-14-5-3-2-4-13(14)17(20,21)22/h2-9H,1H3,(H,23,24)/t9-/m1/s1. The van der Waals surface area contributed by atoms with Gasteiger partial charge in [0, 0.05) is 6.07 Å². The van der Waals surface area contributed by atoms with Crippen molar-refractivity contribution in [2.75, 3.05) is 5.32 Å². The molecular weight excluding hydrogens is 361 g/mol. The Labute approximate surface area is 144 Å². The van der Waals surface area contributed by atoms with Crippen LogP contribution in [0.4, 0.5) is 27.6 Å². The third-order valence-corrected chi connectivity index (χ3v) is 3.24. The van der Waals surface area contributed by atoms with Gasteiger partial charge >= 0.3 is 12.1 Å². The number of para-hydroxylation sites is 1. The number of carbonyl (C=O) groups excluding carboxylic acids is 2. The number of esters is 1. The Morgan fingerprint density at radius 3 is 2.19 bits per heavy atom. The highest BCUT2D eigenvalue weighted by Gasteiger charge is 2.34. The van der Waals surface area contributed by atoms with Gasteiger partial charge in [0.2, 0.25) is 0 Å². The Balaban J connectivity index is 2.10. The van der Waals surface area contributed by atoms with Gasteiger partial charge < -0.3 is 10.1 Å². The highest BCUT2D eigenvalue weighted by molar-refractivity contribution is 5.97. The van der Waals surface area contributed by atoms with E-state index in [0.717, 1.165) is 25.1 Å². The minimum atomic E-state index is -4.69. The van der Waals surface area contributed by atoms with Crippen molar-refractivity contribution in [1.82, 2.24) is 0 Å². The predicted molar refractivity (Wildman–Crippen MR) is 81.3 cm³/mol. The van der Waals surface area contributed by atoms with Crippen LogP contribution >= 0.6 is 0 Å². The summed E-state index contributed by atoms with van der Waals surface area (Å²) in [6.07, 6.45) is -6.20. The van der Waals surface area contributed by atoms with Crippen LogP contribution < -0.4 is 5.32 Å². The minimum absolute atomic E-state index is 0.474. The fraction of sp³-hybridized carbons (Fsp3) is 0.176. The Bertz CT molecular complexity index is 815. The molecule has 0 radical (unpaired) electrons. The summed E-state index contributed by atoms with van der Waals surface area (Å²) in [6, 6.07) is 6.21. The van der Waals surface area contributed by atoms with Gasteiger partial charge in [0.05, 0.1) is 16.8 Å². The SMILES string of the molecule is C[C@@H](OC(=O)c1cc(F)cc(F)c1)C(=O)Nc1ccccc1C(F)(F)F. The first kappa shape index (κ1) is 19.4. The average Bonchev–Trinajstić information content (AvgIpc) is 2.53. The zero-order valence-corrected chi connectivity index (χ0v) is 13.2. The molecule has 2 aromatic carbocycles. The van der Waals surface area contributed by atoms with Crippen LogP contribution in [0.2, 0.25) is 0 Å². The fourth-order valence-electron chi connectivity index (χ4n) is 2.03. The molecule has 138 valence electrons. The molecule has 0 aliphatic heterocycles. The van der Waals surface area contributed by atoms with Gasteiger partial charge in [-0.1, -0.05) is 12.1 Å². The highest BCUT2D eigenvalue weighted by Crippen LogP contribution is 2.34. The van der Waals surface area contributed by atoms with Gasteiger partial charge in [0.15, 0.2) is 6.10 Å². The van der Waals surface area contributed by atoms with E-state index in [9.17, 15) is 31.5 Å². The highest BCUT2D eigenvalue weighted by atomic mass is 19.4. The van der Waals surface area contributed by atoms with Crippen molar-refractivity contribution in [2.24, 2.45) is 0 Å². The third-order valence-electron chi connectivity index (χ3n) is 3.24. The van der Waals surface area contributed by atoms with E-state index >= 15 is 0 Å². The molecule has 26 heavy (non-hydrogen) atoms. The molecular formula is C17H12F5NO3. The molecule has 0 saturated heterocycles. The smallest absolute Gasteiger partial charge is 0.418 e. The van der Waals surface area contributed by atoms with Crippen molar-refractivity contribution in [3.63, 3.8) is 0 Å². The van der Waals surface area contributed by atoms with E-state index in [1.165, 1.54) is 6.07 Å². The lowest BCUT2D eigenvalue weighted by Crippen LogP contribution is -2.30. The zero-order chi connectivity index (χ0) is 19.5. The average molecular weight is 373 g/mol. The summed E-state index contributed by atoms with van der Waals surface area (Å²) in [5, 5.41) is 2.01. The second-order valence-electron chi connectivity index (χ2n) is 5.24. The van der Waals surface area contributed by atoms with Gasteiger partial charge in [-0.05, 0) is 31.2 Å². The van der Waals surface area contributed by atoms with Gasteiger partial charge in [-0.3, -0.25) is 4.79 Å². The van der Waals surface area contributed by atoms with E-state index in [0.29, 0.717) is 18.2 Å². The summed E-state index contributed by atoms with van der Waals surface area (Å²) in [6.45, 7) is 1.11. The van der Waals surface area contributed by atoms with E-state index in [4.69, 9.17) is 4.74 Å². The first-order valence-electron chi connectivity index (χ1n) is 7.22. The van der Waals surface area contributed by atoms with E-state index in [-0.39, 0.29) is 0 Å². The molecule has 2 rings (SSSR count). The van der Waals surface area contributed by atoms with Crippen molar-refractivity contribution in [3.05, 3.63) is 65.2 Å². The maximum Gasteiger partial charge on any atom is 0.418 e. The molecule has 4 nitrogen and oxygen atoms in total. The van der Waals surface area contributed by atoms with Crippen LogP contribution in [0.3, 0.4) is 0 Å². The number of anilines is 1. The van der Waals surface area contributed by atoms with Crippen molar-refractivity contribution < 1.29 is 36.3 Å². The number of hydrogen-bond acceptors (Lipinski definition) is 3. The largest absolute Gasteiger partial charge is 0.449 e. The molecule has 1 amide bonds. The summed E-state index contributed by atoms with van der Waals surface area (Å²) in [7, 11) is 0. The van der Waals surface area contributed by atoms with Crippen molar-refractivity contribution in [2.45, 2.75) is 19.2 Å². The molecule has 0 saturated carbocycles. The van der Waals surface area contributed by atoms with Crippen molar-refractivity contribution in [3.8, 4) is 0 Å². The second kappa shape index (κ2) is 7.51. The van der Waals surface area contributed by atoms with Crippen LogP contribution in [0.15, 0.2) is 42.5 Å². The molecule has 0 spiro atoms. The van der Waals surface area contributed by atoms with Gasteiger partial charge in [-0.25, -0.2) is 13.6 Å². The maximum absolute atomic E-state index is 13.1. The Morgan fingerprint density at radius 2 is 1.62 bits per heavy atom. The van der Waals surface area contributed by atoms with Gasteiger partial charge in [0.25, 0.3) is 5.91 Å². The van der Waals surface area contributed by atoms with E-state index in [1.54, 1.807) is 0 Å². The monoisotopic (exact) mass is 373 g/mol. The van der Waals surface area contributed by atoms with Gasteiger partial charge in [0.1, 0.15) is 11.6 Å². The quantitative estimate of drug-likeness (QED) is 0.647. The number of ether oxygens (including phenoxy) is 1. The van der Waals surface area contributed by atoms with E-state index < -0.39 is 52.6 Å². The summed E-state index contributed by atoms with van der Waals surface area (Å²) >= 11 is 0. The van der Waals surface area contributed by atoms with E-state index in [1.807, 2.05) is 5.32 Å². The fourth-order valence-corrected chi connectivity index (χ4v) is 2.03. The summed E-state index contributed by atoms with van der Waals surface area (Å²) in [4.78, 5) is 23.8. The van der Waals surface area contributed by atoms with Crippen LogP contribution in [0.1, 0.15) is 22.8 Å². The second-order valence-corrected chi connectivity index (χ2v) is 5.24. The third kappa shape index (κ3) is 4.78. The van der Waals surface area contributed by atoms with Crippen LogP contribution in [-0.4, -0.2) is 18.0 Å². The number of carbonyl (C=O) groups is 2. The minimum Gasteiger partial charge on any atom is -0.449 e. The normalized spacial score (nSPS) is 12.4. The van der Waals surface area contributed by atoms with Crippen LogP contribution in [0, 0.1) is 11.6 Å². The first-order chi connectivity index (χ1) is 12.1. The molecule has 0 aromatic heterocycles. The van der Waals surface area contributed by atoms with Gasteiger partial charge in [-0.2, -0.15) is 13.2 Å². The molecule has 0 aliphatic rings. The number of nitrogens with one attached hydrogen (secondary N) is 1. The first-order valence-corrected chi connectivity index (χ1v) is 7.22. The zero-order valence-electron chi connectivity index (χ0n) is 13.2. The summed E-state index contributed by atoms with van der Waals surface area (Å²) in [5.41, 5.74) is -2.05. The number of halogens is 5. The van der Waals surface area contributed by atoms with Crippen molar-refractivity contribution >= 4 is 17.6 Å². The molecule has 9 heteroatoms. The molecule has 0 heterocycles. The lowest BCUT2D eigenvalue weighted by Gasteiger charge is -2.16. The Morgan fingerprint density at radius 1 is 1.04 bits per heavy atom. The summed E-state index contributed by atoms with van der Waals surface area (Å²) in [5.74, 6) is -4.27. The molecule has 2 aromatic rings. The Kier molecular flexibility index (Phi) is 5.59. The number of benzene rings is 2. The topological polar surface area (TPSA) is 55.4 Å². The molecule has 1 N–H and O–H groups in total. The number of hydrogen-bond donors (Lipinski definition) is 1. The summed E-state index contributed by atoms with van der Waals surface area (Å²) < 4.78 is 69.6. The van der Waals surface area contributed by atoms with E-state index in [2.05, 4.69) is 0 Å². The predicted octanol–water partition coefficient (Wildman–Crippen LogP) is 4.17. The van der Waals surface area contributed by atoms with Crippen molar-refractivity contribution in [1.29, 1.82) is 0 Å². The maximum atomic E-state index is 13.1. The molecule has 0 aliphatic carbocycles. The molecule has 0 fully saturated rings. The van der Waals surface area contributed by atoms with Gasteiger partial charge in [-0.15, -0.1) is 0 Å². The number of alkyl halides is 3. The molecule has 0 bridgehead atoms. The van der Waals surface area contributed by atoms with Crippen LogP contribution in [-0.2, 0) is 15.7 Å². The lowest BCUT2D eigenvalue weighted by atomic mass is 10.1. The molecule has 1 atom stereocenters. The molecule has 0 unspecified atom stereocenters.